The number of amides is 2. The molecule has 0 aliphatic carbocycles. The third-order valence-corrected chi connectivity index (χ3v) is 8.36. The van der Waals surface area contributed by atoms with E-state index in [9.17, 15) is 18.0 Å². The van der Waals surface area contributed by atoms with E-state index in [2.05, 4.69) is 10.3 Å². The average Bonchev–Trinajstić information content (AvgIpc) is 3.42. The number of aryl methyl sites for hydroxylation is 1. The van der Waals surface area contributed by atoms with E-state index in [1.807, 2.05) is 19.1 Å². The lowest BCUT2D eigenvalue weighted by atomic mass is 10.0. The van der Waals surface area contributed by atoms with Crippen molar-refractivity contribution in [2.75, 3.05) is 13.1 Å². The fraction of sp³-hybridized carbons (Fsp3) is 0.370. The fourth-order valence-corrected chi connectivity index (χ4v) is 6.06. The second-order valence-corrected chi connectivity index (χ2v) is 11.5. The Balaban J connectivity index is 1.55. The number of piperazine rings is 1. The Bertz CT molecular complexity index is 1360. The number of rotatable bonds is 7. The molecule has 2 atom stereocenters. The van der Waals surface area contributed by atoms with E-state index in [-0.39, 0.29) is 36.4 Å². The zero-order chi connectivity index (χ0) is 26.7. The van der Waals surface area contributed by atoms with Crippen LogP contribution in [0, 0.1) is 12.8 Å². The molecule has 1 aromatic carbocycles. The number of hydrogen-bond donors (Lipinski definition) is 1. The minimum Gasteiger partial charge on any atom is -0.464 e. The minimum atomic E-state index is -3.84. The van der Waals surface area contributed by atoms with Crippen LogP contribution in [0.1, 0.15) is 32.0 Å². The quantitative estimate of drug-likeness (QED) is 0.508. The van der Waals surface area contributed by atoms with Crippen molar-refractivity contribution in [3.63, 3.8) is 0 Å². The maximum Gasteiger partial charge on any atom is 0.244 e. The second kappa shape index (κ2) is 10.9. The van der Waals surface area contributed by atoms with Crippen LogP contribution in [0.25, 0.3) is 11.3 Å². The lowest BCUT2D eigenvalue weighted by Crippen LogP contribution is -2.65. The molecular weight excluding hydrogens is 492 g/mol. The van der Waals surface area contributed by atoms with Crippen LogP contribution in [0.15, 0.2) is 70.3 Å². The zero-order valence-corrected chi connectivity index (χ0v) is 22.2. The molecule has 1 fully saturated rings. The predicted octanol–water partition coefficient (Wildman–Crippen LogP) is 3.21. The van der Waals surface area contributed by atoms with Crippen molar-refractivity contribution in [2.45, 2.75) is 51.2 Å². The van der Waals surface area contributed by atoms with Gasteiger partial charge < -0.3 is 14.6 Å². The summed E-state index contributed by atoms with van der Waals surface area (Å²) in [6, 6.07) is 12.2. The Morgan fingerprint density at radius 2 is 1.86 bits per heavy atom. The van der Waals surface area contributed by atoms with E-state index in [0.29, 0.717) is 11.5 Å². The van der Waals surface area contributed by atoms with Crippen molar-refractivity contribution >= 4 is 21.8 Å². The molecule has 1 aliphatic rings. The van der Waals surface area contributed by atoms with Gasteiger partial charge in [0, 0.05) is 36.8 Å². The highest BCUT2D eigenvalue weighted by atomic mass is 32.2. The normalized spacial score (nSPS) is 18.7. The third kappa shape index (κ3) is 5.60. The highest BCUT2D eigenvalue weighted by molar-refractivity contribution is 7.89. The number of sulfonamides is 1. The van der Waals surface area contributed by atoms with E-state index in [0.717, 1.165) is 11.1 Å². The molecule has 0 radical (unpaired) electrons. The maximum absolute atomic E-state index is 13.5. The molecule has 3 heterocycles. The zero-order valence-electron chi connectivity index (χ0n) is 21.4. The lowest BCUT2D eigenvalue weighted by Gasteiger charge is -2.44. The smallest absolute Gasteiger partial charge is 0.244 e. The minimum absolute atomic E-state index is 0.106. The predicted molar refractivity (Wildman–Crippen MR) is 139 cm³/mol. The summed E-state index contributed by atoms with van der Waals surface area (Å²) in [6.07, 6.45) is 3.27. The van der Waals surface area contributed by atoms with Crippen molar-refractivity contribution in [1.29, 1.82) is 0 Å². The van der Waals surface area contributed by atoms with Crippen molar-refractivity contribution in [1.82, 2.24) is 19.5 Å². The molecule has 4 rings (SSSR count). The first kappa shape index (κ1) is 26.6. The fourth-order valence-electron chi connectivity index (χ4n) is 4.52. The molecule has 2 amide bonds. The van der Waals surface area contributed by atoms with Crippen LogP contribution < -0.4 is 5.32 Å². The molecule has 0 bridgehead atoms. The van der Waals surface area contributed by atoms with E-state index < -0.39 is 28.0 Å². The molecule has 1 N–H and O–H groups in total. The van der Waals surface area contributed by atoms with Crippen LogP contribution in [0.2, 0.25) is 0 Å². The highest BCUT2D eigenvalue weighted by Gasteiger charge is 2.43. The monoisotopic (exact) mass is 524 g/mol. The number of nitrogens with zero attached hydrogens (tertiary/aromatic N) is 3. The van der Waals surface area contributed by atoms with Gasteiger partial charge in [-0.15, -0.1) is 0 Å². The molecule has 2 aromatic heterocycles. The average molecular weight is 525 g/mol. The first-order valence-corrected chi connectivity index (χ1v) is 13.7. The number of carbonyl (C=O) groups is 2. The summed E-state index contributed by atoms with van der Waals surface area (Å²) in [4.78, 5) is 32.7. The van der Waals surface area contributed by atoms with E-state index in [1.54, 1.807) is 57.5 Å². The number of nitrogens with one attached hydrogen (secondary N) is 1. The SMILES string of the molecule is Cc1cc(-c2ccco2)cnc1CNC(=O)C1CN(S(=O)(=O)c2ccccc2)CC(C)N1C(=O)C(C)C. The van der Waals surface area contributed by atoms with Crippen molar-refractivity contribution in [3.8, 4) is 11.3 Å². The van der Waals surface area contributed by atoms with Crippen LogP contribution in [0.5, 0.6) is 0 Å². The van der Waals surface area contributed by atoms with Crippen LogP contribution in [-0.2, 0) is 26.2 Å². The summed E-state index contributed by atoms with van der Waals surface area (Å²) < 4.78 is 33.4. The van der Waals surface area contributed by atoms with Gasteiger partial charge in [-0.25, -0.2) is 8.42 Å². The summed E-state index contributed by atoms with van der Waals surface area (Å²) in [5, 5.41) is 2.88. The summed E-state index contributed by atoms with van der Waals surface area (Å²) >= 11 is 0. The van der Waals surface area contributed by atoms with Gasteiger partial charge >= 0.3 is 0 Å². The molecule has 10 heteroatoms. The molecule has 3 aromatic rings. The standard InChI is InChI=1S/C27H32N4O5S/c1-18(2)27(33)31-20(4)16-30(37(34,35)22-9-6-5-7-10-22)17-24(31)26(32)29-15-23-19(3)13-21(14-28-23)25-11-8-12-36-25/h5-14,18,20,24H,15-17H2,1-4H3,(H,29,32). The molecule has 0 spiro atoms. The second-order valence-electron chi connectivity index (χ2n) is 9.58. The molecule has 1 aliphatic heterocycles. The number of carbonyl (C=O) groups excluding carboxylic acids is 2. The van der Waals surface area contributed by atoms with Gasteiger partial charge in [-0.05, 0) is 49.7 Å². The Kier molecular flexibility index (Phi) is 7.79. The van der Waals surface area contributed by atoms with Crippen LogP contribution in [0.4, 0.5) is 0 Å². The van der Waals surface area contributed by atoms with Gasteiger partial charge in [0.15, 0.2) is 0 Å². The Hall–Kier alpha value is -3.50. The van der Waals surface area contributed by atoms with E-state index in [4.69, 9.17) is 4.42 Å². The third-order valence-electron chi connectivity index (χ3n) is 6.51. The molecule has 196 valence electrons. The summed E-state index contributed by atoms with van der Waals surface area (Å²) in [7, 11) is -3.84. The highest BCUT2D eigenvalue weighted by Crippen LogP contribution is 2.25. The van der Waals surface area contributed by atoms with Gasteiger partial charge in [0.05, 0.1) is 23.4 Å². The van der Waals surface area contributed by atoms with Gasteiger partial charge in [0.1, 0.15) is 11.8 Å². The number of aromatic nitrogens is 1. The Labute approximate surface area is 217 Å². The van der Waals surface area contributed by atoms with E-state index in [1.165, 1.54) is 21.3 Å². The first-order chi connectivity index (χ1) is 17.6. The van der Waals surface area contributed by atoms with E-state index >= 15 is 0 Å². The summed E-state index contributed by atoms with van der Waals surface area (Å²) in [5.41, 5.74) is 2.37. The summed E-state index contributed by atoms with van der Waals surface area (Å²) in [5.74, 6) is -0.260. The molecular formula is C27H32N4O5S. The van der Waals surface area contributed by atoms with Gasteiger partial charge in [0.25, 0.3) is 0 Å². The van der Waals surface area contributed by atoms with Crippen molar-refractivity contribution in [3.05, 3.63) is 72.2 Å². The van der Waals surface area contributed by atoms with Crippen LogP contribution in [0.3, 0.4) is 0 Å². The number of furan rings is 1. The molecule has 9 nitrogen and oxygen atoms in total. The largest absolute Gasteiger partial charge is 0.464 e. The Morgan fingerprint density at radius 3 is 2.49 bits per heavy atom. The van der Waals surface area contributed by atoms with Gasteiger partial charge in [-0.2, -0.15) is 4.31 Å². The van der Waals surface area contributed by atoms with Gasteiger partial charge in [0.2, 0.25) is 21.8 Å². The molecule has 2 unspecified atom stereocenters. The number of pyridine rings is 1. The summed E-state index contributed by atoms with van der Waals surface area (Å²) in [6.45, 7) is 7.32. The molecule has 0 saturated carbocycles. The van der Waals surface area contributed by atoms with Crippen molar-refractivity contribution < 1.29 is 22.4 Å². The first-order valence-electron chi connectivity index (χ1n) is 12.2. The van der Waals surface area contributed by atoms with Crippen LogP contribution in [-0.4, -0.2) is 59.6 Å². The number of benzene rings is 1. The maximum atomic E-state index is 13.5. The number of hydrogen-bond acceptors (Lipinski definition) is 6. The van der Waals surface area contributed by atoms with Gasteiger partial charge in [-0.1, -0.05) is 32.0 Å². The molecule has 1 saturated heterocycles. The topological polar surface area (TPSA) is 113 Å². The van der Waals surface area contributed by atoms with Crippen molar-refractivity contribution in [2.24, 2.45) is 5.92 Å². The lowest BCUT2D eigenvalue weighted by molar-refractivity contribution is -0.148. The molecule has 37 heavy (non-hydrogen) atoms. The van der Waals surface area contributed by atoms with Crippen LogP contribution >= 0.6 is 0 Å². The Morgan fingerprint density at radius 1 is 1.14 bits per heavy atom. The van der Waals surface area contributed by atoms with Gasteiger partial charge in [-0.3, -0.25) is 14.6 Å².